The number of methoxy groups -OCH3 is 3. The molecule has 2 heterocycles. The lowest BCUT2D eigenvalue weighted by Crippen LogP contribution is -2.29. The molecule has 0 bridgehead atoms. The Morgan fingerprint density at radius 3 is 2.48 bits per heavy atom. The molecule has 1 aliphatic heterocycles. The molecule has 1 aromatic carbocycles. The van der Waals surface area contributed by atoms with Crippen LogP contribution in [0.1, 0.15) is 34.9 Å². The van der Waals surface area contributed by atoms with Crippen molar-refractivity contribution in [2.24, 2.45) is 0 Å². The van der Waals surface area contributed by atoms with Crippen LogP contribution in [0.2, 0.25) is 0 Å². The van der Waals surface area contributed by atoms with Gasteiger partial charge in [-0.15, -0.1) is 5.10 Å². The Hall–Kier alpha value is -2.81. The van der Waals surface area contributed by atoms with Gasteiger partial charge in [0.15, 0.2) is 17.2 Å². The summed E-state index contributed by atoms with van der Waals surface area (Å²) in [6.07, 6.45) is 3.66. The van der Waals surface area contributed by atoms with Gasteiger partial charge in [0, 0.05) is 18.2 Å². The molecule has 0 aliphatic carbocycles. The molecule has 2 aromatic rings. The van der Waals surface area contributed by atoms with Crippen LogP contribution in [0.15, 0.2) is 18.3 Å². The van der Waals surface area contributed by atoms with Crippen LogP contribution in [-0.2, 0) is 6.54 Å². The van der Waals surface area contributed by atoms with E-state index in [1.165, 1.54) is 0 Å². The lowest BCUT2D eigenvalue weighted by atomic mass is 10.1. The first-order valence-electron chi connectivity index (χ1n) is 8.86. The van der Waals surface area contributed by atoms with E-state index in [-0.39, 0.29) is 18.5 Å². The number of carbonyl (C=O) groups is 1. The highest BCUT2D eigenvalue weighted by Crippen LogP contribution is 2.34. The Morgan fingerprint density at radius 2 is 1.81 bits per heavy atom. The Bertz CT molecular complexity index is 786. The summed E-state index contributed by atoms with van der Waals surface area (Å²) in [4.78, 5) is 12.5. The van der Waals surface area contributed by atoms with E-state index in [1.54, 1.807) is 44.3 Å². The van der Waals surface area contributed by atoms with Crippen molar-refractivity contribution in [3.63, 3.8) is 0 Å². The summed E-state index contributed by atoms with van der Waals surface area (Å²) < 4.78 is 17.8. The van der Waals surface area contributed by atoms with Crippen LogP contribution in [-0.4, -0.2) is 55.3 Å². The number of carbonyl (C=O) groups excluding carboxylic acids is 1. The molecule has 0 spiro atoms. The summed E-state index contributed by atoms with van der Waals surface area (Å²) in [5.74, 6) is 1.45. The van der Waals surface area contributed by atoms with Crippen molar-refractivity contribution in [3.05, 3.63) is 29.6 Å². The van der Waals surface area contributed by atoms with Gasteiger partial charge >= 0.3 is 0 Å². The van der Waals surface area contributed by atoms with Crippen LogP contribution in [0, 0.1) is 0 Å². The van der Waals surface area contributed by atoms with E-state index in [0.29, 0.717) is 22.9 Å². The number of amides is 1. The van der Waals surface area contributed by atoms with Gasteiger partial charge in [0.25, 0.3) is 5.91 Å². The molecule has 1 saturated heterocycles. The summed E-state index contributed by atoms with van der Waals surface area (Å²) in [6.45, 7) is 2.17. The number of hydrogen-bond donors (Lipinski definition) is 2. The van der Waals surface area contributed by atoms with Crippen molar-refractivity contribution in [2.45, 2.75) is 25.4 Å². The molecule has 1 aliphatic rings. The molecule has 9 heteroatoms. The van der Waals surface area contributed by atoms with Crippen molar-refractivity contribution in [1.29, 1.82) is 0 Å². The average Bonchev–Trinajstić information content (AvgIpc) is 3.22. The summed E-state index contributed by atoms with van der Waals surface area (Å²) in [6, 6.07) is 3.80. The fraction of sp³-hybridized carbons (Fsp3) is 0.500. The van der Waals surface area contributed by atoms with E-state index in [9.17, 15) is 4.79 Å². The molecule has 9 nitrogen and oxygen atoms in total. The maximum atomic E-state index is 12.5. The third-order valence-corrected chi connectivity index (χ3v) is 4.65. The Balaban J connectivity index is 1.67. The number of hydrogen-bond acceptors (Lipinski definition) is 7. The van der Waals surface area contributed by atoms with Gasteiger partial charge in [-0.1, -0.05) is 5.21 Å². The number of piperidine rings is 1. The second kappa shape index (κ2) is 8.72. The predicted molar refractivity (Wildman–Crippen MR) is 98.4 cm³/mol. The number of benzene rings is 1. The largest absolute Gasteiger partial charge is 0.496 e. The number of rotatable bonds is 7. The normalized spacial score (nSPS) is 14.6. The highest BCUT2D eigenvalue weighted by Gasteiger charge is 2.19. The molecule has 1 aromatic heterocycles. The van der Waals surface area contributed by atoms with Crippen LogP contribution < -0.4 is 24.8 Å². The van der Waals surface area contributed by atoms with Crippen LogP contribution in [0.5, 0.6) is 17.2 Å². The van der Waals surface area contributed by atoms with Gasteiger partial charge < -0.3 is 24.8 Å². The molecule has 0 atom stereocenters. The first kappa shape index (κ1) is 19.0. The Morgan fingerprint density at radius 1 is 1.15 bits per heavy atom. The van der Waals surface area contributed by atoms with Crippen molar-refractivity contribution < 1.29 is 19.0 Å². The van der Waals surface area contributed by atoms with Crippen LogP contribution in [0.4, 0.5) is 0 Å². The van der Waals surface area contributed by atoms with Gasteiger partial charge in [0.2, 0.25) is 0 Å². The average molecular weight is 375 g/mol. The fourth-order valence-electron chi connectivity index (χ4n) is 3.13. The second-order valence-electron chi connectivity index (χ2n) is 6.27. The van der Waals surface area contributed by atoms with Crippen LogP contribution in [0.25, 0.3) is 0 Å². The minimum atomic E-state index is -0.285. The van der Waals surface area contributed by atoms with Gasteiger partial charge in [-0.2, -0.15) is 0 Å². The van der Waals surface area contributed by atoms with E-state index in [0.717, 1.165) is 31.5 Å². The molecule has 0 radical (unpaired) electrons. The molecular formula is C18H25N5O4. The van der Waals surface area contributed by atoms with E-state index >= 15 is 0 Å². The standard InChI is InChI=1S/C18H25N5O4/c1-25-15-9-17(27-3)16(26-2)8-12(15)10-20-18(24)14-11-23(22-21-14)13-4-6-19-7-5-13/h8-9,11,13,19H,4-7,10H2,1-3H3,(H,20,24). The number of aromatic nitrogens is 3. The molecule has 1 fully saturated rings. The van der Waals surface area contributed by atoms with Crippen molar-refractivity contribution >= 4 is 5.91 Å². The van der Waals surface area contributed by atoms with Gasteiger partial charge in [-0.05, 0) is 32.0 Å². The zero-order chi connectivity index (χ0) is 19.2. The minimum absolute atomic E-state index is 0.266. The topological polar surface area (TPSA) is 99.5 Å². The molecule has 1 amide bonds. The van der Waals surface area contributed by atoms with Gasteiger partial charge in [-0.25, -0.2) is 4.68 Å². The Labute approximate surface area is 158 Å². The van der Waals surface area contributed by atoms with Crippen LogP contribution >= 0.6 is 0 Å². The van der Waals surface area contributed by atoms with Gasteiger partial charge in [0.05, 0.1) is 33.6 Å². The van der Waals surface area contributed by atoms with Gasteiger partial charge in [0.1, 0.15) is 5.75 Å². The summed E-state index contributed by atoms with van der Waals surface area (Å²) in [7, 11) is 4.69. The smallest absolute Gasteiger partial charge is 0.273 e. The van der Waals surface area contributed by atoms with Gasteiger partial charge in [-0.3, -0.25) is 4.79 Å². The zero-order valence-corrected chi connectivity index (χ0v) is 15.8. The third kappa shape index (κ3) is 4.30. The maximum Gasteiger partial charge on any atom is 0.273 e. The highest BCUT2D eigenvalue weighted by atomic mass is 16.5. The number of ether oxygens (including phenoxy) is 3. The second-order valence-corrected chi connectivity index (χ2v) is 6.27. The monoisotopic (exact) mass is 375 g/mol. The third-order valence-electron chi connectivity index (χ3n) is 4.65. The lowest BCUT2D eigenvalue weighted by Gasteiger charge is -2.22. The van der Waals surface area contributed by atoms with E-state index < -0.39 is 0 Å². The first-order valence-corrected chi connectivity index (χ1v) is 8.86. The van der Waals surface area contributed by atoms with Crippen LogP contribution in [0.3, 0.4) is 0 Å². The summed E-state index contributed by atoms with van der Waals surface area (Å²) in [5.41, 5.74) is 1.07. The molecule has 146 valence electrons. The molecule has 27 heavy (non-hydrogen) atoms. The number of nitrogens with one attached hydrogen (secondary N) is 2. The maximum absolute atomic E-state index is 12.5. The summed E-state index contributed by atoms with van der Waals surface area (Å²) in [5, 5.41) is 14.3. The van der Waals surface area contributed by atoms with Crippen molar-refractivity contribution in [3.8, 4) is 17.2 Å². The molecule has 3 rings (SSSR count). The SMILES string of the molecule is COc1cc(OC)c(OC)cc1CNC(=O)c1cn(C2CCNCC2)nn1. The minimum Gasteiger partial charge on any atom is -0.496 e. The molecule has 0 saturated carbocycles. The van der Waals surface area contributed by atoms with E-state index in [4.69, 9.17) is 14.2 Å². The zero-order valence-electron chi connectivity index (χ0n) is 15.8. The molecular weight excluding hydrogens is 350 g/mol. The van der Waals surface area contributed by atoms with E-state index in [2.05, 4.69) is 20.9 Å². The molecule has 2 N–H and O–H groups in total. The summed E-state index contributed by atoms with van der Waals surface area (Å²) >= 11 is 0. The first-order chi connectivity index (χ1) is 13.2. The lowest BCUT2D eigenvalue weighted by molar-refractivity contribution is 0.0945. The van der Waals surface area contributed by atoms with Crippen molar-refractivity contribution in [2.75, 3.05) is 34.4 Å². The Kier molecular flexibility index (Phi) is 6.12. The fourth-order valence-corrected chi connectivity index (χ4v) is 3.13. The molecule has 0 unspecified atom stereocenters. The predicted octanol–water partition coefficient (Wildman–Crippen LogP) is 1.16. The number of nitrogens with zero attached hydrogens (tertiary/aromatic N) is 3. The van der Waals surface area contributed by atoms with E-state index in [1.807, 2.05) is 0 Å². The quantitative estimate of drug-likeness (QED) is 0.749. The highest BCUT2D eigenvalue weighted by molar-refractivity contribution is 5.91. The van der Waals surface area contributed by atoms with Crippen molar-refractivity contribution in [1.82, 2.24) is 25.6 Å².